The third kappa shape index (κ3) is 7.05. The lowest BCUT2D eigenvalue weighted by Gasteiger charge is -2.11. The molecule has 3 aromatic rings. The van der Waals surface area contributed by atoms with Gasteiger partial charge < -0.3 is 4.74 Å². The lowest BCUT2D eigenvalue weighted by molar-refractivity contribution is -0.120. The van der Waals surface area contributed by atoms with Crippen LogP contribution in [-0.4, -0.2) is 12.1 Å². The van der Waals surface area contributed by atoms with Crippen molar-refractivity contribution in [1.82, 2.24) is 5.43 Å². The summed E-state index contributed by atoms with van der Waals surface area (Å²) in [4.78, 5) is 12.1. The Balaban J connectivity index is 1.57. The number of carbonyl (C=O) groups excluding carboxylic acids is 1. The molecule has 0 bridgehead atoms. The van der Waals surface area contributed by atoms with Crippen molar-refractivity contribution in [2.24, 2.45) is 5.10 Å². The van der Waals surface area contributed by atoms with Gasteiger partial charge in [-0.1, -0.05) is 57.9 Å². The van der Waals surface area contributed by atoms with E-state index >= 15 is 0 Å². The smallest absolute Gasteiger partial charge is 0.244 e. The van der Waals surface area contributed by atoms with Gasteiger partial charge in [-0.3, -0.25) is 4.79 Å². The van der Waals surface area contributed by atoms with Gasteiger partial charge in [-0.25, -0.2) is 5.43 Å². The predicted octanol–water partition coefficient (Wildman–Crippen LogP) is 6.24. The molecule has 7 heteroatoms. The molecule has 30 heavy (non-hydrogen) atoms. The molecule has 0 aromatic heterocycles. The van der Waals surface area contributed by atoms with E-state index in [2.05, 4.69) is 71.6 Å². The Morgan fingerprint density at radius 1 is 1.03 bits per heavy atom. The van der Waals surface area contributed by atoms with E-state index < -0.39 is 0 Å². The Hall–Kier alpha value is -1.46. The topological polar surface area (TPSA) is 50.7 Å². The van der Waals surface area contributed by atoms with Crippen molar-refractivity contribution < 1.29 is 9.53 Å². The molecule has 0 fully saturated rings. The molecule has 3 aromatic carbocycles. The van der Waals surface area contributed by atoms with E-state index in [-0.39, 0.29) is 5.91 Å². The van der Waals surface area contributed by atoms with Gasteiger partial charge in [0.15, 0.2) is 0 Å². The second-order valence-corrected chi connectivity index (χ2v) is 9.92. The fraction of sp³-hybridized carbons (Fsp3) is 0.130. The molecule has 3 rings (SSSR count). The third-order valence-corrected chi connectivity index (χ3v) is 6.34. The van der Waals surface area contributed by atoms with Gasteiger partial charge in [0.1, 0.15) is 12.4 Å². The van der Waals surface area contributed by atoms with Crippen LogP contribution in [0.3, 0.4) is 0 Å². The molecule has 0 spiro atoms. The van der Waals surface area contributed by atoms with Crippen molar-refractivity contribution in [3.05, 3.63) is 94.5 Å². The molecule has 154 valence electrons. The first kappa shape index (κ1) is 23.2. The number of hydrogen-bond acceptors (Lipinski definition) is 3. The number of halogens is 3. The lowest BCUT2D eigenvalue weighted by Crippen LogP contribution is -2.19. The quantitative estimate of drug-likeness (QED) is 0.182. The van der Waals surface area contributed by atoms with Gasteiger partial charge in [0, 0.05) is 4.47 Å². The number of aryl methyl sites for hydroxylation is 1. The van der Waals surface area contributed by atoms with Crippen LogP contribution in [0.15, 0.2) is 70.2 Å². The fourth-order valence-corrected chi connectivity index (χ4v) is 5.03. The predicted molar refractivity (Wildman–Crippen MR) is 141 cm³/mol. The highest BCUT2D eigenvalue weighted by Gasteiger charge is 2.09. The van der Waals surface area contributed by atoms with E-state index in [0.717, 1.165) is 34.1 Å². The zero-order valence-electron chi connectivity index (χ0n) is 16.2. The monoisotopic (exact) mass is 688 g/mol. The maximum absolute atomic E-state index is 12.1. The Bertz CT molecular complexity index is 1030. The third-order valence-electron chi connectivity index (χ3n) is 4.21. The van der Waals surface area contributed by atoms with Gasteiger partial charge in [0.2, 0.25) is 5.91 Å². The number of amides is 1. The van der Waals surface area contributed by atoms with Gasteiger partial charge in [0.05, 0.1) is 19.8 Å². The van der Waals surface area contributed by atoms with Crippen molar-refractivity contribution in [2.45, 2.75) is 20.0 Å². The molecule has 0 aliphatic rings. The largest absolute Gasteiger partial charge is 0.487 e. The highest BCUT2D eigenvalue weighted by atomic mass is 127. The Labute approximate surface area is 211 Å². The van der Waals surface area contributed by atoms with Gasteiger partial charge in [0.25, 0.3) is 0 Å². The van der Waals surface area contributed by atoms with Crippen LogP contribution >= 0.6 is 61.1 Å². The number of rotatable bonds is 7. The van der Waals surface area contributed by atoms with E-state index in [9.17, 15) is 4.79 Å². The number of nitrogens with one attached hydrogen (secondary N) is 1. The lowest BCUT2D eigenvalue weighted by atomic mass is 10.1. The second kappa shape index (κ2) is 11.2. The summed E-state index contributed by atoms with van der Waals surface area (Å²) in [7, 11) is 0. The van der Waals surface area contributed by atoms with Crippen LogP contribution in [-0.2, 0) is 17.8 Å². The number of nitrogens with zero attached hydrogens (tertiary/aromatic N) is 1. The van der Waals surface area contributed by atoms with E-state index in [0.29, 0.717) is 13.0 Å². The summed E-state index contributed by atoms with van der Waals surface area (Å²) >= 11 is 7.95. The van der Waals surface area contributed by atoms with Gasteiger partial charge in [-0.05, 0) is 93.1 Å². The summed E-state index contributed by atoms with van der Waals surface area (Å²) in [5, 5.41) is 4.09. The van der Waals surface area contributed by atoms with Crippen molar-refractivity contribution in [3.63, 3.8) is 0 Å². The molecule has 0 heterocycles. The van der Waals surface area contributed by atoms with Crippen LogP contribution in [0.4, 0.5) is 0 Å². The van der Waals surface area contributed by atoms with Crippen LogP contribution in [0.1, 0.15) is 22.3 Å². The van der Waals surface area contributed by atoms with Crippen molar-refractivity contribution in [1.29, 1.82) is 0 Å². The molecular weight excluding hydrogens is 670 g/mol. The molecule has 0 unspecified atom stereocenters. The summed E-state index contributed by atoms with van der Waals surface area (Å²) in [6.45, 7) is 2.52. The molecule has 1 amide bonds. The maximum atomic E-state index is 12.1. The summed E-state index contributed by atoms with van der Waals surface area (Å²) in [5.74, 6) is 0.702. The molecule has 0 saturated heterocycles. The molecule has 0 radical (unpaired) electrons. The van der Waals surface area contributed by atoms with Crippen molar-refractivity contribution in [2.75, 3.05) is 0 Å². The van der Waals surface area contributed by atoms with Gasteiger partial charge in [-0.15, -0.1) is 0 Å². The fourth-order valence-electron chi connectivity index (χ4n) is 2.64. The number of hydrazone groups is 1. The van der Waals surface area contributed by atoms with Crippen LogP contribution < -0.4 is 10.2 Å². The van der Waals surface area contributed by atoms with Crippen LogP contribution in [0.2, 0.25) is 0 Å². The van der Waals surface area contributed by atoms with Crippen molar-refractivity contribution >= 4 is 73.2 Å². The maximum Gasteiger partial charge on any atom is 0.244 e. The minimum absolute atomic E-state index is 0.144. The average Bonchev–Trinajstić information content (AvgIpc) is 2.70. The minimum Gasteiger partial charge on any atom is -0.487 e. The zero-order chi connectivity index (χ0) is 21.5. The van der Waals surface area contributed by atoms with Crippen molar-refractivity contribution in [3.8, 4) is 5.75 Å². The Kier molecular flexibility index (Phi) is 8.70. The van der Waals surface area contributed by atoms with Crippen LogP contribution in [0.25, 0.3) is 0 Å². The number of hydrogen-bond donors (Lipinski definition) is 1. The Morgan fingerprint density at radius 3 is 2.27 bits per heavy atom. The van der Waals surface area contributed by atoms with Crippen LogP contribution in [0, 0.1) is 14.1 Å². The molecule has 0 aliphatic carbocycles. The zero-order valence-corrected chi connectivity index (χ0v) is 22.1. The molecule has 1 N–H and O–H groups in total. The second-order valence-electron chi connectivity index (χ2n) is 6.68. The highest BCUT2D eigenvalue weighted by Crippen LogP contribution is 2.29. The summed E-state index contributed by atoms with van der Waals surface area (Å²) in [6.07, 6.45) is 1.95. The van der Waals surface area contributed by atoms with E-state index in [4.69, 9.17) is 4.74 Å². The van der Waals surface area contributed by atoms with E-state index in [1.165, 1.54) is 5.56 Å². The number of ether oxygens (including phenoxy) is 1. The van der Waals surface area contributed by atoms with E-state index in [1.807, 2.05) is 67.6 Å². The van der Waals surface area contributed by atoms with Gasteiger partial charge >= 0.3 is 0 Å². The summed E-state index contributed by atoms with van der Waals surface area (Å²) < 4.78 is 9.05. The molecule has 0 saturated carbocycles. The number of carbonyl (C=O) groups is 1. The first-order chi connectivity index (χ1) is 14.4. The molecule has 0 atom stereocenters. The SMILES string of the molecule is Cc1ccc(CC(=O)N/N=C/c2cc(I)c(OCc3ccc(Br)cc3)c(I)c2)cc1. The number of benzene rings is 3. The van der Waals surface area contributed by atoms with Gasteiger partial charge in [-0.2, -0.15) is 5.10 Å². The molecular formula is C23H19BrI2N2O2. The highest BCUT2D eigenvalue weighted by molar-refractivity contribution is 14.1. The standard InChI is InChI=1S/C23H19BrI2N2O2/c1-15-2-4-16(5-3-15)12-22(29)28-27-13-18-10-20(25)23(21(26)11-18)30-14-17-6-8-19(24)9-7-17/h2-11,13H,12,14H2,1H3,(H,28,29)/b27-13+. The Morgan fingerprint density at radius 2 is 1.63 bits per heavy atom. The first-order valence-corrected chi connectivity index (χ1v) is 12.1. The average molecular weight is 689 g/mol. The molecule has 0 aliphatic heterocycles. The summed E-state index contributed by atoms with van der Waals surface area (Å²) in [5.41, 5.74) is 6.73. The minimum atomic E-state index is -0.144. The first-order valence-electron chi connectivity index (χ1n) is 9.14. The van der Waals surface area contributed by atoms with Crippen LogP contribution in [0.5, 0.6) is 5.75 Å². The summed E-state index contributed by atoms with van der Waals surface area (Å²) in [6, 6.07) is 19.9. The molecule has 4 nitrogen and oxygen atoms in total. The van der Waals surface area contributed by atoms with E-state index in [1.54, 1.807) is 6.21 Å². The normalized spacial score (nSPS) is 10.9.